The number of hydrogen-bond donors (Lipinski definition) is 0. The van der Waals surface area contributed by atoms with Crippen molar-refractivity contribution in [2.75, 3.05) is 32.1 Å². The number of halogens is 1. The Labute approximate surface area is 139 Å². The highest BCUT2D eigenvalue weighted by Crippen LogP contribution is 2.43. The minimum atomic E-state index is -3.62. The van der Waals surface area contributed by atoms with Crippen LogP contribution in [0.1, 0.15) is 5.56 Å². The molecule has 0 saturated carbocycles. The molecule has 2 aliphatic heterocycles. The van der Waals surface area contributed by atoms with E-state index in [2.05, 4.69) is 0 Å². The van der Waals surface area contributed by atoms with E-state index in [9.17, 15) is 13.2 Å². The molecular formula is C15H18ClNO5S. The fourth-order valence-electron chi connectivity index (χ4n) is 3.14. The third kappa shape index (κ3) is 3.79. The van der Waals surface area contributed by atoms with Gasteiger partial charge in [0.25, 0.3) is 0 Å². The molecule has 0 N–H and O–H groups in total. The van der Waals surface area contributed by atoms with Gasteiger partial charge in [-0.3, -0.25) is 0 Å². The van der Waals surface area contributed by atoms with Crippen LogP contribution >= 0.6 is 10.7 Å². The van der Waals surface area contributed by atoms with Gasteiger partial charge in [-0.1, -0.05) is 30.3 Å². The van der Waals surface area contributed by atoms with Crippen molar-refractivity contribution in [1.29, 1.82) is 0 Å². The number of rotatable bonds is 4. The quantitative estimate of drug-likeness (QED) is 0.767. The first kappa shape index (κ1) is 16.5. The Bertz CT molecular complexity index is 674. The van der Waals surface area contributed by atoms with E-state index in [4.69, 9.17) is 20.2 Å². The second-order valence-corrected chi connectivity index (χ2v) is 9.00. The lowest BCUT2D eigenvalue weighted by molar-refractivity contribution is -0.123. The number of hydrogen-bond acceptors (Lipinski definition) is 5. The lowest BCUT2D eigenvalue weighted by Gasteiger charge is -2.41. The van der Waals surface area contributed by atoms with Crippen molar-refractivity contribution in [3.63, 3.8) is 0 Å². The molecule has 1 amide bonds. The number of amides is 1. The first-order valence-electron chi connectivity index (χ1n) is 7.34. The van der Waals surface area contributed by atoms with Crippen molar-refractivity contribution in [2.24, 2.45) is 11.3 Å². The number of benzene rings is 1. The van der Waals surface area contributed by atoms with E-state index in [1.165, 1.54) is 0 Å². The molecule has 0 radical (unpaired) electrons. The smallest absolute Gasteiger partial charge is 0.410 e. The highest BCUT2D eigenvalue weighted by molar-refractivity contribution is 8.13. The highest BCUT2D eigenvalue weighted by atomic mass is 35.7. The van der Waals surface area contributed by atoms with Gasteiger partial charge < -0.3 is 14.4 Å². The monoisotopic (exact) mass is 359 g/mol. The summed E-state index contributed by atoms with van der Waals surface area (Å²) in [6.07, 6.45) is -0.436. The van der Waals surface area contributed by atoms with Crippen molar-refractivity contribution in [2.45, 2.75) is 6.61 Å². The van der Waals surface area contributed by atoms with Gasteiger partial charge in [0.1, 0.15) is 6.61 Å². The fraction of sp³-hybridized carbons (Fsp3) is 0.533. The van der Waals surface area contributed by atoms with Gasteiger partial charge in [0.05, 0.1) is 19.0 Å². The lowest BCUT2D eigenvalue weighted by atomic mass is 9.77. The number of nitrogens with zero attached hydrogens (tertiary/aromatic N) is 1. The SMILES string of the molecule is O=C(OCc1ccccc1)N1CC(CS(=O)(=O)Cl)C2(COC2)C1. The zero-order valence-corrected chi connectivity index (χ0v) is 14.1. The van der Waals surface area contributed by atoms with E-state index in [0.717, 1.165) is 5.56 Å². The summed E-state index contributed by atoms with van der Waals surface area (Å²) < 4.78 is 33.3. The Balaban J connectivity index is 1.61. The first-order valence-corrected chi connectivity index (χ1v) is 9.82. The van der Waals surface area contributed by atoms with Gasteiger partial charge in [-0.2, -0.15) is 0 Å². The van der Waals surface area contributed by atoms with E-state index < -0.39 is 15.1 Å². The summed E-state index contributed by atoms with van der Waals surface area (Å²) >= 11 is 0. The largest absolute Gasteiger partial charge is 0.445 e. The molecule has 6 nitrogen and oxygen atoms in total. The molecule has 2 aliphatic rings. The van der Waals surface area contributed by atoms with Gasteiger partial charge in [0.2, 0.25) is 9.05 Å². The molecule has 0 bridgehead atoms. The number of likely N-dealkylation sites (tertiary alicyclic amines) is 1. The van der Waals surface area contributed by atoms with E-state index >= 15 is 0 Å². The number of carbonyl (C=O) groups excluding carboxylic acids is 1. The lowest BCUT2D eigenvalue weighted by Crippen LogP contribution is -2.50. The Morgan fingerprint density at radius 1 is 1.35 bits per heavy atom. The van der Waals surface area contributed by atoms with Gasteiger partial charge >= 0.3 is 6.09 Å². The average Bonchev–Trinajstić information content (AvgIpc) is 2.83. The topological polar surface area (TPSA) is 72.9 Å². The Morgan fingerprint density at radius 3 is 2.61 bits per heavy atom. The van der Waals surface area contributed by atoms with Crippen molar-refractivity contribution in [1.82, 2.24) is 4.90 Å². The molecular weight excluding hydrogens is 342 g/mol. The second-order valence-electron chi connectivity index (χ2n) is 6.18. The summed E-state index contributed by atoms with van der Waals surface area (Å²) in [4.78, 5) is 13.8. The Hall–Kier alpha value is -1.31. The summed E-state index contributed by atoms with van der Waals surface area (Å²) in [7, 11) is 1.77. The maximum absolute atomic E-state index is 12.2. The zero-order valence-electron chi connectivity index (χ0n) is 12.5. The predicted molar refractivity (Wildman–Crippen MR) is 84.6 cm³/mol. The van der Waals surface area contributed by atoms with Crippen molar-refractivity contribution < 1.29 is 22.7 Å². The van der Waals surface area contributed by atoms with Gasteiger partial charge in [0, 0.05) is 35.1 Å². The molecule has 2 saturated heterocycles. The van der Waals surface area contributed by atoms with Crippen LogP contribution in [0.15, 0.2) is 30.3 Å². The molecule has 3 rings (SSSR count). The van der Waals surface area contributed by atoms with Crippen LogP contribution in [0.4, 0.5) is 4.79 Å². The number of ether oxygens (including phenoxy) is 2. The third-order valence-electron chi connectivity index (χ3n) is 4.46. The van der Waals surface area contributed by atoms with Crippen molar-refractivity contribution >= 4 is 25.8 Å². The molecule has 2 fully saturated rings. The molecule has 0 aliphatic carbocycles. The summed E-state index contributed by atoms with van der Waals surface area (Å²) in [5.74, 6) is -0.372. The summed E-state index contributed by atoms with van der Waals surface area (Å²) in [5.41, 5.74) is 0.593. The predicted octanol–water partition coefficient (Wildman–Crippen LogP) is 1.84. The molecule has 126 valence electrons. The molecule has 23 heavy (non-hydrogen) atoms. The molecule has 1 aromatic rings. The highest BCUT2D eigenvalue weighted by Gasteiger charge is 2.54. The standard InChI is InChI=1S/C15H18ClNO5S/c16-23(19,20)8-13-6-17(9-15(13)10-21-11-15)14(18)22-7-12-4-2-1-3-5-12/h1-5,13H,6-11H2. The van der Waals surface area contributed by atoms with Crippen LogP contribution in [0.3, 0.4) is 0 Å². The molecule has 1 unspecified atom stereocenters. The van der Waals surface area contributed by atoms with Crippen LogP contribution in [0.5, 0.6) is 0 Å². The summed E-state index contributed by atoms with van der Waals surface area (Å²) in [5, 5.41) is 0. The van der Waals surface area contributed by atoms with Crippen molar-refractivity contribution in [3.05, 3.63) is 35.9 Å². The maximum Gasteiger partial charge on any atom is 0.410 e. The Kier molecular flexibility index (Phi) is 4.53. The molecule has 1 aromatic carbocycles. The Morgan fingerprint density at radius 2 is 2.04 bits per heavy atom. The van der Waals surface area contributed by atoms with Crippen LogP contribution in [-0.2, 0) is 25.1 Å². The van der Waals surface area contributed by atoms with Gasteiger partial charge in [-0.05, 0) is 5.56 Å². The maximum atomic E-state index is 12.2. The fourth-order valence-corrected chi connectivity index (χ4v) is 4.54. The second kappa shape index (κ2) is 6.30. The minimum absolute atomic E-state index is 0.152. The average molecular weight is 360 g/mol. The van der Waals surface area contributed by atoms with Crippen LogP contribution in [0.25, 0.3) is 0 Å². The van der Waals surface area contributed by atoms with Crippen molar-refractivity contribution in [3.8, 4) is 0 Å². The van der Waals surface area contributed by atoms with Crippen LogP contribution in [0, 0.1) is 11.3 Å². The van der Waals surface area contributed by atoms with E-state index in [1.54, 1.807) is 4.90 Å². The molecule has 2 heterocycles. The minimum Gasteiger partial charge on any atom is -0.445 e. The summed E-state index contributed by atoms with van der Waals surface area (Å²) in [6, 6.07) is 9.40. The van der Waals surface area contributed by atoms with E-state index in [-0.39, 0.29) is 23.7 Å². The summed E-state index contributed by atoms with van der Waals surface area (Å²) in [6.45, 7) is 1.86. The molecule has 8 heteroatoms. The van der Waals surface area contributed by atoms with E-state index in [0.29, 0.717) is 26.3 Å². The zero-order chi connectivity index (χ0) is 16.5. The normalized spacial score (nSPS) is 22.8. The molecule has 0 aromatic heterocycles. The molecule has 1 atom stereocenters. The first-order chi connectivity index (χ1) is 10.9. The molecule has 1 spiro atoms. The van der Waals surface area contributed by atoms with Crippen LogP contribution in [-0.4, -0.2) is 51.5 Å². The van der Waals surface area contributed by atoms with Gasteiger partial charge in [0.15, 0.2) is 0 Å². The van der Waals surface area contributed by atoms with Gasteiger partial charge in [-0.15, -0.1) is 0 Å². The van der Waals surface area contributed by atoms with Gasteiger partial charge in [-0.25, -0.2) is 13.2 Å². The van der Waals surface area contributed by atoms with Crippen LogP contribution < -0.4 is 0 Å². The number of carbonyl (C=O) groups is 1. The van der Waals surface area contributed by atoms with Crippen LogP contribution in [0.2, 0.25) is 0 Å². The van der Waals surface area contributed by atoms with E-state index in [1.807, 2.05) is 30.3 Å². The third-order valence-corrected chi connectivity index (χ3v) is 5.63.